The number of fused-ring (bicyclic) bond motifs is 2. The molecule has 1 aromatic heterocycles. The third-order valence-corrected chi connectivity index (χ3v) is 7.57. The molecule has 2 aliphatic rings. The largest absolute Gasteiger partial charge is 0.497 e. The second kappa shape index (κ2) is 12.1. The lowest BCUT2D eigenvalue weighted by atomic mass is 9.99. The highest BCUT2D eigenvalue weighted by molar-refractivity contribution is 6.08. The van der Waals surface area contributed by atoms with Crippen molar-refractivity contribution in [1.29, 1.82) is 0 Å². The van der Waals surface area contributed by atoms with Gasteiger partial charge in [-0.3, -0.25) is 19.3 Å². The highest BCUT2D eigenvalue weighted by Gasteiger charge is 2.37. The van der Waals surface area contributed by atoms with Crippen LogP contribution in [0.25, 0.3) is 11.0 Å². The number of carbonyl (C=O) groups excluding carboxylic acids is 3. The lowest BCUT2D eigenvalue weighted by Gasteiger charge is -2.33. The maximum atomic E-state index is 14.5. The number of nitrogens with zero attached hydrogens (tertiary/aromatic N) is 4. The first-order valence-electron chi connectivity index (χ1n) is 14.0. The SMILES string of the molecule is COc1ccc([C@H](C(=O)NC[C@@H]2CCCO2)N(C(=O)Cn2nnc3ccccc32)c2cc3c(cc2C(C)=O)OCO3)cc1. The third-order valence-electron chi connectivity index (χ3n) is 7.57. The van der Waals surface area contributed by atoms with Gasteiger partial charge in [0.1, 0.15) is 23.9 Å². The fraction of sp³-hybridized carbons (Fsp3) is 0.323. The van der Waals surface area contributed by atoms with Crippen molar-refractivity contribution in [2.75, 3.05) is 32.0 Å². The number of nitrogens with one attached hydrogen (secondary N) is 1. The molecule has 12 nitrogen and oxygen atoms in total. The van der Waals surface area contributed by atoms with Crippen LogP contribution in [0.5, 0.6) is 17.2 Å². The smallest absolute Gasteiger partial charge is 0.249 e. The molecule has 0 saturated carbocycles. The summed E-state index contributed by atoms with van der Waals surface area (Å²) < 4.78 is 23.7. The van der Waals surface area contributed by atoms with E-state index in [1.165, 1.54) is 16.5 Å². The summed E-state index contributed by atoms with van der Waals surface area (Å²) in [6.45, 7) is 2.03. The highest BCUT2D eigenvalue weighted by Crippen LogP contribution is 2.41. The van der Waals surface area contributed by atoms with Gasteiger partial charge in [0, 0.05) is 24.8 Å². The minimum Gasteiger partial charge on any atom is -0.497 e. The molecule has 4 aromatic rings. The van der Waals surface area contributed by atoms with Crippen molar-refractivity contribution in [3.05, 3.63) is 71.8 Å². The number of carbonyl (C=O) groups is 3. The molecule has 2 aliphatic heterocycles. The highest BCUT2D eigenvalue weighted by atomic mass is 16.7. The topological polar surface area (TPSA) is 134 Å². The van der Waals surface area contributed by atoms with Crippen molar-refractivity contribution in [2.45, 2.75) is 38.5 Å². The average Bonchev–Trinajstić information content (AvgIpc) is 3.80. The van der Waals surface area contributed by atoms with Gasteiger partial charge >= 0.3 is 0 Å². The Hall–Kier alpha value is -4.97. The van der Waals surface area contributed by atoms with E-state index in [2.05, 4.69) is 15.6 Å². The number of hydrogen-bond acceptors (Lipinski definition) is 9. The number of Topliss-reactive ketones (excluding diaryl/α,β-unsaturated/α-hetero) is 1. The van der Waals surface area contributed by atoms with Gasteiger partial charge in [-0.1, -0.05) is 29.5 Å². The second-order valence-electron chi connectivity index (χ2n) is 10.3. The van der Waals surface area contributed by atoms with Crippen molar-refractivity contribution in [3.8, 4) is 17.2 Å². The van der Waals surface area contributed by atoms with Crippen LogP contribution in [0.3, 0.4) is 0 Å². The summed E-state index contributed by atoms with van der Waals surface area (Å²) in [5.74, 6) is 0.0757. The van der Waals surface area contributed by atoms with Gasteiger partial charge in [-0.05, 0) is 55.7 Å². The predicted molar refractivity (Wildman–Crippen MR) is 155 cm³/mol. The van der Waals surface area contributed by atoms with E-state index in [4.69, 9.17) is 18.9 Å². The van der Waals surface area contributed by atoms with Gasteiger partial charge in [0.15, 0.2) is 17.3 Å². The van der Waals surface area contributed by atoms with E-state index in [-0.39, 0.29) is 43.0 Å². The van der Waals surface area contributed by atoms with Gasteiger partial charge in [0.25, 0.3) is 0 Å². The minimum absolute atomic E-state index is 0.0290. The van der Waals surface area contributed by atoms with Gasteiger partial charge < -0.3 is 24.3 Å². The zero-order valence-corrected chi connectivity index (χ0v) is 23.8. The normalized spacial score (nSPS) is 16.2. The number of rotatable bonds is 10. The lowest BCUT2D eigenvalue weighted by molar-refractivity contribution is -0.127. The van der Waals surface area contributed by atoms with Crippen LogP contribution in [-0.2, 0) is 20.9 Å². The van der Waals surface area contributed by atoms with E-state index in [0.717, 1.165) is 12.8 Å². The number of methoxy groups -OCH3 is 1. The minimum atomic E-state index is -1.17. The summed E-state index contributed by atoms with van der Waals surface area (Å²) in [5.41, 5.74) is 2.19. The van der Waals surface area contributed by atoms with Crippen LogP contribution in [0.1, 0.15) is 41.7 Å². The van der Waals surface area contributed by atoms with Crippen molar-refractivity contribution in [3.63, 3.8) is 0 Å². The maximum absolute atomic E-state index is 14.5. The molecule has 1 N–H and O–H groups in total. The monoisotopic (exact) mass is 585 g/mol. The summed E-state index contributed by atoms with van der Waals surface area (Å²) in [6.07, 6.45) is 1.62. The summed E-state index contributed by atoms with van der Waals surface area (Å²) in [7, 11) is 1.55. The summed E-state index contributed by atoms with van der Waals surface area (Å²) in [4.78, 5) is 42.9. The maximum Gasteiger partial charge on any atom is 0.249 e. The Morgan fingerprint density at radius 3 is 2.58 bits per heavy atom. The Morgan fingerprint density at radius 1 is 1.09 bits per heavy atom. The molecule has 0 radical (unpaired) electrons. The van der Waals surface area contributed by atoms with Crippen molar-refractivity contribution in [1.82, 2.24) is 20.3 Å². The van der Waals surface area contributed by atoms with Crippen LogP contribution >= 0.6 is 0 Å². The average molecular weight is 586 g/mol. The van der Waals surface area contributed by atoms with Crippen molar-refractivity contribution >= 4 is 34.3 Å². The quantitative estimate of drug-likeness (QED) is 0.278. The van der Waals surface area contributed by atoms with E-state index in [1.807, 2.05) is 18.2 Å². The Kier molecular flexibility index (Phi) is 7.93. The number of aromatic nitrogens is 3. The van der Waals surface area contributed by atoms with Crippen LogP contribution in [0.2, 0.25) is 0 Å². The first-order valence-corrected chi connectivity index (χ1v) is 14.0. The number of anilines is 1. The van der Waals surface area contributed by atoms with Gasteiger partial charge in [-0.2, -0.15) is 0 Å². The number of ketones is 1. The van der Waals surface area contributed by atoms with Crippen LogP contribution < -0.4 is 24.4 Å². The molecular weight excluding hydrogens is 554 g/mol. The van der Waals surface area contributed by atoms with E-state index in [0.29, 0.717) is 40.5 Å². The molecule has 12 heteroatoms. The standard InChI is InChI=1S/C31H31N5O7/c1-19(37)23-14-27-28(43-18-42-27)15-26(23)36(29(38)17-35-25-8-4-3-7-24(25)33-34-35)30(20-9-11-21(40-2)12-10-20)31(39)32-16-22-6-5-13-41-22/h3-4,7-12,14-15,22,30H,5-6,13,16-18H2,1-2H3,(H,32,39)/t22-,30+/m0/s1. The lowest BCUT2D eigenvalue weighted by Crippen LogP contribution is -2.47. The van der Waals surface area contributed by atoms with Gasteiger partial charge in [0.2, 0.25) is 18.6 Å². The van der Waals surface area contributed by atoms with Crippen LogP contribution in [0.4, 0.5) is 5.69 Å². The van der Waals surface area contributed by atoms with E-state index >= 15 is 0 Å². The van der Waals surface area contributed by atoms with Crippen molar-refractivity contribution in [2.24, 2.45) is 0 Å². The fourth-order valence-electron chi connectivity index (χ4n) is 5.39. The summed E-state index contributed by atoms with van der Waals surface area (Å²) in [6, 6.07) is 16.1. The molecule has 222 valence electrons. The number of hydrogen-bond donors (Lipinski definition) is 1. The zero-order chi connectivity index (χ0) is 29.9. The van der Waals surface area contributed by atoms with Crippen LogP contribution in [0, 0.1) is 0 Å². The van der Waals surface area contributed by atoms with Crippen LogP contribution in [-0.4, -0.2) is 65.7 Å². The predicted octanol–water partition coefficient (Wildman–Crippen LogP) is 3.44. The summed E-state index contributed by atoms with van der Waals surface area (Å²) >= 11 is 0. The van der Waals surface area contributed by atoms with Gasteiger partial charge in [-0.15, -0.1) is 5.10 Å². The fourth-order valence-corrected chi connectivity index (χ4v) is 5.39. The molecule has 1 fully saturated rings. The van der Waals surface area contributed by atoms with E-state index < -0.39 is 17.9 Å². The molecule has 2 amide bonds. The van der Waals surface area contributed by atoms with Crippen molar-refractivity contribution < 1.29 is 33.3 Å². The molecule has 0 unspecified atom stereocenters. The Morgan fingerprint density at radius 2 is 1.86 bits per heavy atom. The molecule has 0 spiro atoms. The molecule has 0 bridgehead atoms. The first-order chi connectivity index (χ1) is 20.9. The van der Waals surface area contributed by atoms with E-state index in [9.17, 15) is 14.4 Å². The summed E-state index contributed by atoms with van der Waals surface area (Å²) in [5, 5.41) is 11.3. The number of amides is 2. The van der Waals surface area contributed by atoms with Crippen LogP contribution in [0.15, 0.2) is 60.7 Å². The number of benzene rings is 3. The zero-order valence-electron chi connectivity index (χ0n) is 23.8. The van der Waals surface area contributed by atoms with Gasteiger partial charge in [-0.25, -0.2) is 4.68 Å². The second-order valence-corrected chi connectivity index (χ2v) is 10.3. The first kappa shape index (κ1) is 28.2. The molecular formula is C31H31N5O7. The Bertz CT molecular complexity index is 1660. The number of para-hydroxylation sites is 1. The molecule has 0 aliphatic carbocycles. The number of ether oxygens (including phenoxy) is 4. The van der Waals surface area contributed by atoms with E-state index in [1.54, 1.807) is 49.6 Å². The third kappa shape index (κ3) is 5.73. The Labute approximate surface area is 247 Å². The molecule has 43 heavy (non-hydrogen) atoms. The molecule has 1 saturated heterocycles. The molecule has 3 heterocycles. The molecule has 3 aromatic carbocycles. The molecule has 2 atom stereocenters. The molecule has 6 rings (SSSR count). The Balaban J connectivity index is 1.47. The van der Waals surface area contributed by atoms with Gasteiger partial charge in [0.05, 0.1) is 24.4 Å².